The van der Waals surface area contributed by atoms with E-state index >= 15 is 0 Å². The standard InChI is InChI=1S/C25H32N2O/c1-16-12-17(14-26-13-16)20-6-7-21-19-5-4-18-15-27-23(28)9-11-24(18,2)22(19)8-10-25(20,21)3/h6,12-15,19,21-22H,4-5,7-11H2,1-3H3,(H,27,28)/t19?,21?,22?,24-,25+/m0/s1. The number of aryl methyl sites for hydroxylation is 1. The largest absolute Gasteiger partial charge is 0.333 e. The van der Waals surface area contributed by atoms with Crippen LogP contribution in [0.25, 0.3) is 5.57 Å². The SMILES string of the molecule is Cc1cncc(C2=CCC3C4CCC5=CNC(=O)CC[C@]5(C)C4CC[C@]23C)c1. The van der Waals surface area contributed by atoms with Crippen molar-refractivity contribution in [2.45, 2.75) is 65.7 Å². The Morgan fingerprint density at radius 3 is 2.75 bits per heavy atom. The van der Waals surface area contributed by atoms with Crippen LogP contribution in [0.4, 0.5) is 0 Å². The molecule has 1 N–H and O–H groups in total. The van der Waals surface area contributed by atoms with Gasteiger partial charge in [0.2, 0.25) is 5.91 Å². The molecule has 0 bridgehead atoms. The average molecular weight is 377 g/mol. The predicted octanol–water partition coefficient (Wildman–Crippen LogP) is 5.42. The quantitative estimate of drug-likeness (QED) is 0.711. The van der Waals surface area contributed by atoms with Crippen LogP contribution >= 0.6 is 0 Å². The molecule has 4 aliphatic rings. The zero-order chi connectivity index (χ0) is 19.5. The van der Waals surface area contributed by atoms with Gasteiger partial charge in [-0.2, -0.15) is 0 Å². The summed E-state index contributed by atoms with van der Waals surface area (Å²) in [5.41, 5.74) is 6.07. The Bertz CT molecular complexity index is 884. The first-order chi connectivity index (χ1) is 13.4. The molecule has 5 atom stereocenters. The second kappa shape index (κ2) is 6.30. The van der Waals surface area contributed by atoms with Gasteiger partial charge in [0, 0.05) is 25.0 Å². The number of nitrogens with zero attached hydrogens (tertiary/aromatic N) is 1. The summed E-state index contributed by atoms with van der Waals surface area (Å²) in [5, 5.41) is 3.03. The predicted molar refractivity (Wildman–Crippen MR) is 112 cm³/mol. The molecule has 3 aliphatic carbocycles. The van der Waals surface area contributed by atoms with Crippen molar-refractivity contribution < 1.29 is 4.79 Å². The molecule has 148 valence electrons. The van der Waals surface area contributed by atoms with Crippen LogP contribution < -0.4 is 5.32 Å². The van der Waals surface area contributed by atoms with Crippen molar-refractivity contribution in [3.05, 3.63) is 47.4 Å². The smallest absolute Gasteiger partial charge is 0.223 e. The van der Waals surface area contributed by atoms with Crippen molar-refractivity contribution in [2.75, 3.05) is 0 Å². The Balaban J connectivity index is 1.47. The topological polar surface area (TPSA) is 42.0 Å². The fourth-order valence-electron chi connectivity index (χ4n) is 7.24. The van der Waals surface area contributed by atoms with Crippen molar-refractivity contribution in [3.63, 3.8) is 0 Å². The van der Waals surface area contributed by atoms with Gasteiger partial charge in [-0.15, -0.1) is 0 Å². The number of amides is 1. The molecule has 3 heteroatoms. The number of aromatic nitrogens is 1. The van der Waals surface area contributed by atoms with Crippen LogP contribution in [0.15, 0.2) is 36.3 Å². The van der Waals surface area contributed by atoms with E-state index in [0.717, 1.165) is 24.7 Å². The van der Waals surface area contributed by atoms with Gasteiger partial charge in [-0.3, -0.25) is 9.78 Å². The summed E-state index contributed by atoms with van der Waals surface area (Å²) in [4.78, 5) is 16.5. The number of carbonyl (C=O) groups is 1. The average Bonchev–Trinajstić information content (AvgIpc) is 2.95. The van der Waals surface area contributed by atoms with Crippen molar-refractivity contribution in [2.24, 2.45) is 28.6 Å². The minimum atomic E-state index is 0.192. The molecule has 1 amide bonds. The molecule has 3 unspecified atom stereocenters. The fourth-order valence-corrected chi connectivity index (χ4v) is 7.24. The van der Waals surface area contributed by atoms with Gasteiger partial charge in [0.05, 0.1) is 0 Å². The lowest BCUT2D eigenvalue weighted by atomic mass is 9.47. The first kappa shape index (κ1) is 18.1. The van der Waals surface area contributed by atoms with Crippen LogP contribution in [0.1, 0.15) is 69.9 Å². The Hall–Kier alpha value is -1.90. The van der Waals surface area contributed by atoms with E-state index < -0.39 is 0 Å². The van der Waals surface area contributed by atoms with Crippen LogP contribution in [0.3, 0.4) is 0 Å². The Labute approximate surface area is 168 Å². The van der Waals surface area contributed by atoms with Crippen LogP contribution in [0, 0.1) is 35.5 Å². The molecular weight excluding hydrogens is 344 g/mol. The van der Waals surface area contributed by atoms with Gasteiger partial charge in [-0.25, -0.2) is 0 Å². The number of nitrogens with one attached hydrogen (secondary N) is 1. The molecule has 2 fully saturated rings. The zero-order valence-electron chi connectivity index (χ0n) is 17.4. The molecule has 1 aromatic rings. The third-order valence-electron chi connectivity index (χ3n) is 8.78. The number of fused-ring (bicyclic) bond motifs is 5. The minimum Gasteiger partial charge on any atom is -0.333 e. The van der Waals surface area contributed by atoms with E-state index in [4.69, 9.17) is 0 Å². The highest BCUT2D eigenvalue weighted by Gasteiger charge is 2.56. The number of carbonyl (C=O) groups excluding carboxylic acids is 1. The van der Waals surface area contributed by atoms with E-state index in [1.165, 1.54) is 48.0 Å². The summed E-state index contributed by atoms with van der Waals surface area (Å²) in [6.07, 6.45) is 16.4. The highest BCUT2D eigenvalue weighted by Crippen LogP contribution is 2.66. The summed E-state index contributed by atoms with van der Waals surface area (Å²) < 4.78 is 0. The molecule has 1 aromatic heterocycles. The highest BCUT2D eigenvalue weighted by molar-refractivity contribution is 5.77. The lowest BCUT2D eigenvalue weighted by Crippen LogP contribution is -2.48. The molecular formula is C25H32N2O. The molecule has 28 heavy (non-hydrogen) atoms. The molecule has 2 heterocycles. The molecule has 0 aromatic carbocycles. The maximum absolute atomic E-state index is 12.0. The first-order valence-corrected chi connectivity index (χ1v) is 11.0. The Kier molecular flexibility index (Phi) is 4.08. The van der Waals surface area contributed by atoms with Gasteiger partial charge in [0.1, 0.15) is 0 Å². The monoisotopic (exact) mass is 376 g/mol. The maximum Gasteiger partial charge on any atom is 0.223 e. The van der Waals surface area contributed by atoms with Gasteiger partial charge in [-0.1, -0.05) is 19.9 Å². The third kappa shape index (κ3) is 2.54. The second-order valence-electron chi connectivity index (χ2n) is 10.1. The van der Waals surface area contributed by atoms with E-state index in [2.05, 4.69) is 55.6 Å². The summed E-state index contributed by atoms with van der Waals surface area (Å²) in [6.45, 7) is 7.10. The Morgan fingerprint density at radius 2 is 1.93 bits per heavy atom. The molecule has 0 saturated heterocycles. The van der Waals surface area contributed by atoms with Gasteiger partial charge in [-0.05, 0) is 102 Å². The van der Waals surface area contributed by atoms with Crippen molar-refractivity contribution >= 4 is 11.5 Å². The molecule has 5 rings (SSSR count). The first-order valence-electron chi connectivity index (χ1n) is 11.0. The van der Waals surface area contributed by atoms with E-state index in [1.54, 1.807) is 0 Å². The zero-order valence-corrected chi connectivity index (χ0v) is 17.4. The summed E-state index contributed by atoms with van der Waals surface area (Å²) in [5.74, 6) is 2.39. The number of pyridine rings is 1. The summed E-state index contributed by atoms with van der Waals surface area (Å²) in [7, 11) is 0. The van der Waals surface area contributed by atoms with Gasteiger partial charge in [0.15, 0.2) is 0 Å². The molecule has 2 saturated carbocycles. The van der Waals surface area contributed by atoms with E-state index in [9.17, 15) is 4.79 Å². The van der Waals surface area contributed by atoms with Crippen molar-refractivity contribution in [3.8, 4) is 0 Å². The minimum absolute atomic E-state index is 0.192. The summed E-state index contributed by atoms with van der Waals surface area (Å²) in [6, 6.07) is 2.31. The molecule has 0 radical (unpaired) electrons. The second-order valence-corrected chi connectivity index (χ2v) is 10.1. The van der Waals surface area contributed by atoms with Crippen molar-refractivity contribution in [1.82, 2.24) is 10.3 Å². The van der Waals surface area contributed by atoms with Gasteiger partial charge < -0.3 is 5.32 Å². The lowest BCUT2D eigenvalue weighted by molar-refractivity contribution is -0.120. The fraction of sp³-hybridized carbons (Fsp3) is 0.600. The lowest BCUT2D eigenvalue weighted by Gasteiger charge is -2.57. The molecule has 1 aliphatic heterocycles. The van der Waals surface area contributed by atoms with E-state index in [0.29, 0.717) is 12.3 Å². The normalized spacial score (nSPS) is 39.7. The van der Waals surface area contributed by atoms with Crippen molar-refractivity contribution in [1.29, 1.82) is 0 Å². The number of allylic oxidation sites excluding steroid dienone is 3. The summed E-state index contributed by atoms with van der Waals surface area (Å²) >= 11 is 0. The van der Waals surface area contributed by atoms with E-state index in [1.807, 2.05) is 6.20 Å². The third-order valence-corrected chi connectivity index (χ3v) is 8.78. The number of hydrogen-bond donors (Lipinski definition) is 1. The van der Waals surface area contributed by atoms with Crippen LogP contribution in [0.5, 0.6) is 0 Å². The van der Waals surface area contributed by atoms with Crippen LogP contribution in [0.2, 0.25) is 0 Å². The van der Waals surface area contributed by atoms with E-state index in [-0.39, 0.29) is 16.7 Å². The maximum atomic E-state index is 12.0. The van der Waals surface area contributed by atoms with Crippen LogP contribution in [-0.2, 0) is 4.79 Å². The van der Waals surface area contributed by atoms with Crippen LogP contribution in [-0.4, -0.2) is 10.9 Å². The number of hydrogen-bond acceptors (Lipinski definition) is 2. The molecule has 0 spiro atoms. The Morgan fingerprint density at radius 1 is 1.07 bits per heavy atom. The van der Waals surface area contributed by atoms with Gasteiger partial charge >= 0.3 is 0 Å². The van der Waals surface area contributed by atoms with Gasteiger partial charge in [0.25, 0.3) is 0 Å². The highest BCUT2D eigenvalue weighted by atomic mass is 16.1. The number of rotatable bonds is 1. The molecule has 3 nitrogen and oxygen atoms in total.